The van der Waals surface area contributed by atoms with Gasteiger partial charge in [0.1, 0.15) is 13.2 Å². The minimum atomic E-state index is -0.616. The highest BCUT2D eigenvalue weighted by Gasteiger charge is 2.51. The molecule has 1 saturated heterocycles. The molecule has 1 aliphatic rings. The Morgan fingerprint density at radius 1 is 1.26 bits per heavy atom. The van der Waals surface area contributed by atoms with E-state index in [0.29, 0.717) is 12.8 Å². The molecule has 1 aromatic rings. The van der Waals surface area contributed by atoms with Crippen molar-refractivity contribution >= 4 is 12.1 Å². The van der Waals surface area contributed by atoms with Crippen LogP contribution in [0.25, 0.3) is 0 Å². The minimum Gasteiger partial charge on any atom is -0.463 e. The Hall–Kier alpha value is -2.04. The molecule has 126 valence electrons. The summed E-state index contributed by atoms with van der Waals surface area (Å²) >= 11 is 0. The van der Waals surface area contributed by atoms with Gasteiger partial charge in [0.25, 0.3) is 0 Å². The lowest BCUT2D eigenvalue weighted by Gasteiger charge is -2.30. The maximum Gasteiger partial charge on any atom is 0.407 e. The van der Waals surface area contributed by atoms with Gasteiger partial charge in [0.05, 0.1) is 11.5 Å². The van der Waals surface area contributed by atoms with Crippen molar-refractivity contribution < 1.29 is 19.1 Å². The fourth-order valence-corrected chi connectivity index (χ4v) is 3.26. The first-order chi connectivity index (χ1) is 11.1. The Labute approximate surface area is 137 Å². The molecule has 2 rings (SSSR count). The quantitative estimate of drug-likeness (QED) is 0.782. The lowest BCUT2D eigenvalue weighted by Crippen LogP contribution is -2.48. The van der Waals surface area contributed by atoms with Crippen LogP contribution in [-0.2, 0) is 20.9 Å². The number of hydrogen-bond acceptors (Lipinski definition) is 4. The van der Waals surface area contributed by atoms with Crippen molar-refractivity contribution in [1.82, 2.24) is 5.32 Å². The van der Waals surface area contributed by atoms with Crippen LogP contribution in [-0.4, -0.2) is 24.7 Å². The molecule has 0 radical (unpaired) electrons. The summed E-state index contributed by atoms with van der Waals surface area (Å²) in [6, 6.07) is 9.18. The van der Waals surface area contributed by atoms with Gasteiger partial charge < -0.3 is 14.8 Å². The van der Waals surface area contributed by atoms with Crippen LogP contribution in [0.5, 0.6) is 0 Å². The second-order valence-corrected chi connectivity index (χ2v) is 6.01. The number of cyclic esters (lactones) is 1. The van der Waals surface area contributed by atoms with E-state index in [2.05, 4.69) is 5.32 Å². The first-order valence-electron chi connectivity index (χ1n) is 8.27. The van der Waals surface area contributed by atoms with Crippen molar-refractivity contribution in [2.75, 3.05) is 6.61 Å². The van der Waals surface area contributed by atoms with Gasteiger partial charge in [-0.1, -0.05) is 57.0 Å². The Kier molecular flexibility index (Phi) is 6.02. The highest BCUT2D eigenvalue weighted by molar-refractivity contribution is 5.81. The van der Waals surface area contributed by atoms with Crippen LogP contribution in [0, 0.1) is 5.41 Å². The Balaban J connectivity index is 1.96. The monoisotopic (exact) mass is 319 g/mol. The van der Waals surface area contributed by atoms with E-state index in [-0.39, 0.29) is 25.2 Å². The summed E-state index contributed by atoms with van der Waals surface area (Å²) in [7, 11) is 0. The highest BCUT2D eigenvalue weighted by Crippen LogP contribution is 2.39. The van der Waals surface area contributed by atoms with Gasteiger partial charge in [-0.2, -0.15) is 0 Å². The van der Waals surface area contributed by atoms with E-state index in [1.54, 1.807) is 0 Å². The molecule has 5 heteroatoms. The summed E-state index contributed by atoms with van der Waals surface area (Å²) in [5.74, 6) is -0.199. The van der Waals surface area contributed by atoms with Crippen molar-refractivity contribution in [3.8, 4) is 0 Å². The molecule has 23 heavy (non-hydrogen) atoms. The molecule has 0 spiro atoms. The standard InChI is InChI=1S/C18H25NO4/c1-3-10-18(11-4-2)15(13-22-16(18)20)19-17(21)23-12-14-8-6-5-7-9-14/h5-9,15H,3-4,10-13H2,1-2H3,(H,19,21)/t15-/m1/s1. The van der Waals surface area contributed by atoms with Crippen molar-refractivity contribution in [1.29, 1.82) is 0 Å². The summed E-state index contributed by atoms with van der Waals surface area (Å²) < 4.78 is 10.5. The van der Waals surface area contributed by atoms with Crippen molar-refractivity contribution in [3.63, 3.8) is 0 Å². The molecule has 1 aromatic carbocycles. The Morgan fingerprint density at radius 2 is 1.91 bits per heavy atom. The fraction of sp³-hybridized carbons (Fsp3) is 0.556. The first kappa shape index (κ1) is 17.3. The van der Waals surface area contributed by atoms with Gasteiger partial charge in [-0.25, -0.2) is 4.79 Å². The largest absolute Gasteiger partial charge is 0.463 e. The number of esters is 1. The molecule has 1 heterocycles. The van der Waals surface area contributed by atoms with Crippen molar-refractivity contribution in [2.24, 2.45) is 5.41 Å². The smallest absolute Gasteiger partial charge is 0.407 e. The zero-order valence-electron chi connectivity index (χ0n) is 13.8. The second-order valence-electron chi connectivity index (χ2n) is 6.01. The van der Waals surface area contributed by atoms with Crippen LogP contribution in [0.4, 0.5) is 4.79 Å². The second kappa shape index (κ2) is 7.99. The number of amides is 1. The van der Waals surface area contributed by atoms with Crippen molar-refractivity contribution in [2.45, 2.75) is 52.2 Å². The van der Waals surface area contributed by atoms with E-state index in [9.17, 15) is 9.59 Å². The van der Waals surface area contributed by atoms with Crippen LogP contribution in [0.1, 0.15) is 45.1 Å². The summed E-state index contributed by atoms with van der Waals surface area (Å²) in [5, 5.41) is 2.83. The average Bonchev–Trinajstić information content (AvgIpc) is 2.84. The third kappa shape index (κ3) is 4.03. The Bertz CT molecular complexity index is 523. The maximum atomic E-state index is 12.2. The lowest BCUT2D eigenvalue weighted by molar-refractivity contribution is -0.147. The van der Waals surface area contributed by atoms with Gasteiger partial charge >= 0.3 is 12.1 Å². The van der Waals surface area contributed by atoms with Gasteiger partial charge in [-0.05, 0) is 18.4 Å². The normalized spacial score (nSPS) is 19.2. The highest BCUT2D eigenvalue weighted by atomic mass is 16.6. The fourth-order valence-electron chi connectivity index (χ4n) is 3.26. The summed E-state index contributed by atoms with van der Waals surface area (Å²) in [6.07, 6.45) is 2.65. The first-order valence-corrected chi connectivity index (χ1v) is 8.27. The van der Waals surface area contributed by atoms with Gasteiger partial charge in [-0.3, -0.25) is 4.79 Å². The van der Waals surface area contributed by atoms with Crippen molar-refractivity contribution in [3.05, 3.63) is 35.9 Å². The third-order valence-electron chi connectivity index (χ3n) is 4.35. The summed E-state index contributed by atoms with van der Waals surface area (Å²) in [6.45, 7) is 4.50. The number of carbonyl (C=O) groups is 2. The Morgan fingerprint density at radius 3 is 2.52 bits per heavy atom. The van der Waals surface area contributed by atoms with Crippen LogP contribution >= 0.6 is 0 Å². The molecular formula is C18H25NO4. The van der Waals surface area contributed by atoms with Gasteiger partial charge in [0.2, 0.25) is 0 Å². The molecule has 5 nitrogen and oxygen atoms in total. The molecule has 0 saturated carbocycles. The summed E-state index contributed by atoms with van der Waals surface area (Å²) in [4.78, 5) is 24.3. The van der Waals surface area contributed by atoms with Crippen LogP contribution in [0.2, 0.25) is 0 Å². The number of nitrogens with one attached hydrogen (secondary N) is 1. The maximum absolute atomic E-state index is 12.2. The van der Waals surface area contributed by atoms with Crippen LogP contribution in [0.3, 0.4) is 0 Å². The zero-order valence-corrected chi connectivity index (χ0v) is 13.8. The molecule has 1 amide bonds. The van der Waals surface area contributed by atoms with E-state index in [1.165, 1.54) is 0 Å². The van der Waals surface area contributed by atoms with Crippen LogP contribution in [0.15, 0.2) is 30.3 Å². The lowest BCUT2D eigenvalue weighted by atomic mass is 9.75. The number of carbonyl (C=O) groups excluding carboxylic acids is 2. The number of rotatable bonds is 7. The van der Waals surface area contributed by atoms with E-state index in [4.69, 9.17) is 9.47 Å². The number of hydrogen-bond donors (Lipinski definition) is 1. The van der Waals surface area contributed by atoms with Crippen LogP contribution < -0.4 is 5.32 Å². The number of ether oxygens (including phenoxy) is 2. The minimum absolute atomic E-state index is 0.199. The van der Waals surface area contributed by atoms with E-state index >= 15 is 0 Å². The molecule has 1 aliphatic heterocycles. The molecule has 0 aliphatic carbocycles. The predicted molar refractivity (Wildman–Crippen MR) is 86.8 cm³/mol. The molecule has 0 aromatic heterocycles. The number of alkyl carbamates (subject to hydrolysis) is 1. The van der Waals surface area contributed by atoms with Gasteiger partial charge in [0, 0.05) is 0 Å². The van der Waals surface area contributed by atoms with E-state index in [1.807, 2.05) is 44.2 Å². The van der Waals surface area contributed by atoms with E-state index in [0.717, 1.165) is 18.4 Å². The summed E-state index contributed by atoms with van der Waals surface area (Å²) in [5.41, 5.74) is 0.310. The molecule has 1 N–H and O–H groups in total. The molecule has 1 fully saturated rings. The van der Waals surface area contributed by atoms with Gasteiger partial charge in [-0.15, -0.1) is 0 Å². The van der Waals surface area contributed by atoms with E-state index < -0.39 is 11.5 Å². The molecule has 1 atom stereocenters. The van der Waals surface area contributed by atoms with Gasteiger partial charge in [0.15, 0.2) is 0 Å². The molecular weight excluding hydrogens is 294 g/mol. The topological polar surface area (TPSA) is 64.6 Å². The predicted octanol–water partition coefficient (Wildman–Crippen LogP) is 3.42. The number of benzene rings is 1. The molecule has 0 bridgehead atoms. The average molecular weight is 319 g/mol. The molecule has 0 unspecified atom stereocenters. The third-order valence-corrected chi connectivity index (χ3v) is 4.35. The zero-order chi connectivity index (χ0) is 16.7. The SMILES string of the molecule is CCCC1(CCC)C(=O)OC[C@H]1NC(=O)OCc1ccccc1.